The monoisotopic (exact) mass is 549 g/mol. The molecule has 212 valence electrons. The van der Waals surface area contributed by atoms with Crippen molar-refractivity contribution in [2.24, 2.45) is 0 Å². The zero-order valence-electron chi connectivity index (χ0n) is 24.0. The van der Waals surface area contributed by atoms with Crippen LogP contribution in [-0.4, -0.2) is 33.4 Å². The van der Waals surface area contributed by atoms with E-state index < -0.39 is 17.1 Å². The Hall–Kier alpha value is -4.47. The van der Waals surface area contributed by atoms with E-state index in [0.717, 1.165) is 4.90 Å². The molecular weight excluding hydrogens is 513 g/mol. The molecule has 1 saturated carbocycles. The number of nitrogens with one attached hydrogen (secondary N) is 2. The Morgan fingerprint density at radius 1 is 1.05 bits per heavy atom. The van der Waals surface area contributed by atoms with E-state index in [0.29, 0.717) is 41.8 Å². The second-order valence-electron chi connectivity index (χ2n) is 9.65. The van der Waals surface area contributed by atoms with Crippen LogP contribution in [0.1, 0.15) is 59.1 Å². The third kappa shape index (κ3) is 6.22. The standard InChI is InChI=1S/C28H30FN5O4.C2H6/c1-16(2)25-24(26(32(5)15-35)31-23-12-9-17(3)13-22(23)29)27(37)34(20-10-11-20)28(38)33(25)21-8-6-7-19(14-21)30-18(4)36;1-2/h6-9,12-15,20,31H,10-11H2,1-5H3,(H,30,36);1-2H3/b26-24+;. The van der Waals surface area contributed by atoms with E-state index in [9.17, 15) is 23.6 Å². The molecule has 2 amide bonds. The highest BCUT2D eigenvalue weighted by Crippen LogP contribution is 2.32. The molecule has 0 spiro atoms. The van der Waals surface area contributed by atoms with Gasteiger partial charge in [0.05, 0.1) is 16.7 Å². The minimum Gasteiger partial charge on any atom is -0.338 e. The maximum Gasteiger partial charge on any atom is 0.336 e. The Balaban J connectivity index is 0.00000216. The van der Waals surface area contributed by atoms with E-state index in [2.05, 4.69) is 10.6 Å². The van der Waals surface area contributed by atoms with Gasteiger partial charge in [-0.15, -0.1) is 0 Å². The lowest BCUT2D eigenvalue weighted by Gasteiger charge is -2.21. The first-order valence-corrected chi connectivity index (χ1v) is 13.2. The summed E-state index contributed by atoms with van der Waals surface area (Å²) in [6.45, 7) is 10.6. The van der Waals surface area contributed by atoms with Gasteiger partial charge in [0.15, 0.2) is 0 Å². The zero-order valence-corrected chi connectivity index (χ0v) is 24.0. The molecule has 4 rings (SSSR count). The van der Waals surface area contributed by atoms with Gasteiger partial charge < -0.3 is 15.5 Å². The molecule has 2 N–H and O–H groups in total. The number of hydrogen-bond donors (Lipinski definition) is 2. The smallest absolute Gasteiger partial charge is 0.336 e. The Morgan fingerprint density at radius 3 is 2.27 bits per heavy atom. The van der Waals surface area contributed by atoms with Gasteiger partial charge in [0.1, 0.15) is 16.9 Å². The van der Waals surface area contributed by atoms with Crippen LogP contribution in [0.4, 0.5) is 15.8 Å². The van der Waals surface area contributed by atoms with Crippen molar-refractivity contribution in [1.82, 2.24) is 14.0 Å². The van der Waals surface area contributed by atoms with E-state index in [-0.39, 0.29) is 34.0 Å². The number of hydrogen-bond acceptors (Lipinski definition) is 5. The Labute approximate surface area is 232 Å². The molecule has 1 fully saturated rings. The molecule has 0 radical (unpaired) electrons. The van der Waals surface area contributed by atoms with Crippen LogP contribution in [0.2, 0.25) is 0 Å². The molecule has 0 atom stereocenters. The average molecular weight is 550 g/mol. The number of benzene rings is 2. The van der Waals surface area contributed by atoms with Gasteiger partial charge in [-0.25, -0.2) is 9.18 Å². The average Bonchev–Trinajstić information content (AvgIpc) is 3.74. The number of aryl methyl sites for hydroxylation is 1. The van der Waals surface area contributed by atoms with Crippen molar-refractivity contribution in [3.05, 3.63) is 85.3 Å². The van der Waals surface area contributed by atoms with Crippen LogP contribution in [0.25, 0.3) is 17.1 Å². The first kappa shape index (κ1) is 30.1. The summed E-state index contributed by atoms with van der Waals surface area (Å²) < 4.78 is 17.5. The molecule has 9 nitrogen and oxygen atoms in total. The van der Waals surface area contributed by atoms with Crippen LogP contribution in [0, 0.1) is 12.7 Å². The molecule has 40 heavy (non-hydrogen) atoms. The number of carbonyl (C=O) groups excluding carboxylic acids is 2. The van der Waals surface area contributed by atoms with E-state index >= 15 is 0 Å². The highest BCUT2D eigenvalue weighted by Gasteiger charge is 2.30. The van der Waals surface area contributed by atoms with Crippen LogP contribution in [0.3, 0.4) is 0 Å². The third-order valence-corrected chi connectivity index (χ3v) is 6.23. The van der Waals surface area contributed by atoms with Crippen molar-refractivity contribution in [2.75, 3.05) is 17.7 Å². The fraction of sp³-hybridized carbons (Fsp3) is 0.333. The predicted molar refractivity (Wildman–Crippen MR) is 156 cm³/mol. The largest absolute Gasteiger partial charge is 0.338 e. The quantitative estimate of drug-likeness (QED) is 0.441. The van der Waals surface area contributed by atoms with Gasteiger partial charge in [0.25, 0.3) is 5.56 Å². The van der Waals surface area contributed by atoms with Gasteiger partial charge in [0.2, 0.25) is 12.3 Å². The number of anilines is 2. The summed E-state index contributed by atoms with van der Waals surface area (Å²) in [6, 6.07) is 11.0. The molecule has 10 heteroatoms. The fourth-order valence-electron chi connectivity index (χ4n) is 4.36. The molecule has 1 aliphatic rings. The van der Waals surface area contributed by atoms with Gasteiger partial charge in [-0.1, -0.05) is 31.6 Å². The maximum absolute atomic E-state index is 14.9. The Morgan fingerprint density at radius 2 is 1.73 bits per heavy atom. The number of halogens is 1. The molecule has 0 bridgehead atoms. The fourth-order valence-corrected chi connectivity index (χ4v) is 4.36. The number of nitrogens with zero attached hydrogens (tertiary/aromatic N) is 3. The van der Waals surface area contributed by atoms with Gasteiger partial charge in [-0.05, 0) is 69.5 Å². The molecule has 1 aliphatic carbocycles. The van der Waals surface area contributed by atoms with Crippen LogP contribution in [-0.2, 0) is 9.59 Å². The van der Waals surface area contributed by atoms with Crippen LogP contribution in [0.5, 0.6) is 0 Å². The molecule has 3 aromatic rings. The van der Waals surface area contributed by atoms with E-state index in [1.807, 2.05) is 13.8 Å². The molecule has 0 aliphatic heterocycles. The number of aromatic nitrogens is 2. The van der Waals surface area contributed by atoms with Crippen molar-refractivity contribution in [2.45, 2.75) is 60.4 Å². The zero-order chi connectivity index (χ0) is 29.7. The van der Waals surface area contributed by atoms with Gasteiger partial charge in [-0.3, -0.25) is 23.5 Å². The maximum atomic E-state index is 14.9. The highest BCUT2D eigenvalue weighted by molar-refractivity contribution is 5.89. The first-order chi connectivity index (χ1) is 19.0. The molecular formula is C30H36FN5O4. The molecule has 0 saturated heterocycles. The molecule has 1 heterocycles. The normalized spacial score (nSPS) is 13.0. The van der Waals surface area contributed by atoms with Crippen molar-refractivity contribution in [3.63, 3.8) is 0 Å². The number of carbonyl (C=O) groups is 2. The number of amides is 2. The SMILES string of the molecule is CC.CC(=O)Nc1cccc(-n2c(=C(C)C)/c(=C(/Nc3ccc(C)cc3F)N(C)C=O)c(=O)n(C3CC3)c2=O)c1. The van der Waals surface area contributed by atoms with Crippen LogP contribution >= 0.6 is 0 Å². The summed E-state index contributed by atoms with van der Waals surface area (Å²) in [5.41, 5.74) is 1.18. The number of rotatable bonds is 7. The Bertz CT molecular complexity index is 1680. The highest BCUT2D eigenvalue weighted by atomic mass is 19.1. The minimum absolute atomic E-state index is 0.0325. The van der Waals surface area contributed by atoms with Crippen molar-refractivity contribution < 1.29 is 14.0 Å². The van der Waals surface area contributed by atoms with Crippen LogP contribution in [0.15, 0.2) is 52.1 Å². The topological polar surface area (TPSA) is 105 Å². The summed E-state index contributed by atoms with van der Waals surface area (Å²) >= 11 is 0. The van der Waals surface area contributed by atoms with Gasteiger partial charge in [0, 0.05) is 25.7 Å². The summed E-state index contributed by atoms with van der Waals surface area (Å²) in [4.78, 5) is 52.6. The summed E-state index contributed by atoms with van der Waals surface area (Å²) in [5.74, 6) is -0.798. The lowest BCUT2D eigenvalue weighted by Crippen LogP contribution is -2.60. The van der Waals surface area contributed by atoms with Crippen molar-refractivity contribution >= 4 is 35.1 Å². The lowest BCUT2D eigenvalue weighted by atomic mass is 10.2. The van der Waals surface area contributed by atoms with Crippen molar-refractivity contribution in [1.29, 1.82) is 0 Å². The lowest BCUT2D eigenvalue weighted by molar-refractivity contribution is -0.115. The minimum atomic E-state index is -0.577. The second kappa shape index (κ2) is 12.6. The second-order valence-corrected chi connectivity index (χ2v) is 9.65. The van der Waals surface area contributed by atoms with Gasteiger partial charge in [-0.2, -0.15) is 0 Å². The van der Waals surface area contributed by atoms with Crippen LogP contribution < -0.4 is 32.5 Å². The molecule has 1 aromatic heterocycles. The van der Waals surface area contributed by atoms with E-state index in [1.54, 1.807) is 51.1 Å². The predicted octanol–water partition coefficient (Wildman–Crippen LogP) is 3.22. The molecule has 0 unspecified atom stereocenters. The van der Waals surface area contributed by atoms with E-state index in [4.69, 9.17) is 0 Å². The van der Waals surface area contributed by atoms with Crippen molar-refractivity contribution in [3.8, 4) is 5.69 Å². The van der Waals surface area contributed by atoms with E-state index in [1.165, 1.54) is 35.2 Å². The Kier molecular flexibility index (Phi) is 9.47. The third-order valence-electron chi connectivity index (χ3n) is 6.23. The summed E-state index contributed by atoms with van der Waals surface area (Å²) in [7, 11) is 1.45. The van der Waals surface area contributed by atoms with Gasteiger partial charge >= 0.3 is 5.69 Å². The molecule has 2 aromatic carbocycles. The summed E-state index contributed by atoms with van der Waals surface area (Å²) in [6.07, 6.45) is 1.83. The summed E-state index contributed by atoms with van der Waals surface area (Å²) in [5, 5.41) is 5.96. The first-order valence-electron chi connectivity index (χ1n) is 13.2.